The third-order valence-electron chi connectivity index (χ3n) is 3.20. The van der Waals surface area contributed by atoms with Crippen molar-refractivity contribution < 1.29 is 9.84 Å². The lowest BCUT2D eigenvalue weighted by Crippen LogP contribution is -2.27. The molecule has 2 aromatic rings. The standard InChI is InChI=1S/C13H17N3O2/c1-8(14)6-16-13-9(5-15-16)2-3-12-11(13)4-10(17)7-18-12/h2-3,5,8,10,17H,4,6-7,14H2,1H3/t8?,10-/m1/s1. The fourth-order valence-electron chi connectivity index (χ4n) is 2.46. The molecule has 96 valence electrons. The molecular weight excluding hydrogens is 230 g/mol. The third-order valence-corrected chi connectivity index (χ3v) is 3.20. The normalized spacial score (nSPS) is 20.5. The fourth-order valence-corrected chi connectivity index (χ4v) is 2.46. The molecule has 0 radical (unpaired) electrons. The molecule has 1 aromatic heterocycles. The van der Waals surface area contributed by atoms with Gasteiger partial charge in [0.05, 0.1) is 24.4 Å². The maximum Gasteiger partial charge on any atom is 0.124 e. The number of nitrogens with two attached hydrogens (primary N) is 1. The van der Waals surface area contributed by atoms with E-state index in [4.69, 9.17) is 10.5 Å². The second-order valence-electron chi connectivity index (χ2n) is 4.95. The van der Waals surface area contributed by atoms with E-state index in [1.807, 2.05) is 29.9 Å². The minimum atomic E-state index is -0.443. The van der Waals surface area contributed by atoms with Gasteiger partial charge in [0.1, 0.15) is 12.4 Å². The molecule has 0 saturated heterocycles. The van der Waals surface area contributed by atoms with Crippen LogP contribution in [0, 0.1) is 0 Å². The molecule has 0 spiro atoms. The molecule has 5 nitrogen and oxygen atoms in total. The van der Waals surface area contributed by atoms with Crippen LogP contribution >= 0.6 is 0 Å². The van der Waals surface area contributed by atoms with Gasteiger partial charge in [-0.1, -0.05) is 0 Å². The lowest BCUT2D eigenvalue weighted by Gasteiger charge is -2.23. The van der Waals surface area contributed by atoms with E-state index in [0.29, 0.717) is 19.6 Å². The van der Waals surface area contributed by atoms with Gasteiger partial charge in [0.2, 0.25) is 0 Å². The van der Waals surface area contributed by atoms with Crippen LogP contribution in [0.3, 0.4) is 0 Å². The summed E-state index contributed by atoms with van der Waals surface area (Å²) < 4.78 is 7.45. The summed E-state index contributed by atoms with van der Waals surface area (Å²) >= 11 is 0. The smallest absolute Gasteiger partial charge is 0.124 e. The molecule has 0 aliphatic carbocycles. The van der Waals surface area contributed by atoms with Crippen LogP contribution in [0.5, 0.6) is 5.75 Å². The van der Waals surface area contributed by atoms with Crippen LogP contribution in [0.1, 0.15) is 12.5 Å². The summed E-state index contributed by atoms with van der Waals surface area (Å²) in [5, 5.41) is 15.2. The molecule has 5 heteroatoms. The van der Waals surface area contributed by atoms with Crippen molar-refractivity contribution >= 4 is 10.9 Å². The monoisotopic (exact) mass is 247 g/mol. The quantitative estimate of drug-likeness (QED) is 0.818. The van der Waals surface area contributed by atoms with Crippen molar-refractivity contribution in [1.82, 2.24) is 9.78 Å². The average molecular weight is 247 g/mol. The summed E-state index contributed by atoms with van der Waals surface area (Å²) in [5.74, 6) is 0.847. The molecule has 2 atom stereocenters. The lowest BCUT2D eigenvalue weighted by atomic mass is 10.0. The highest BCUT2D eigenvalue weighted by Crippen LogP contribution is 2.32. The van der Waals surface area contributed by atoms with E-state index in [1.165, 1.54) is 0 Å². The van der Waals surface area contributed by atoms with E-state index >= 15 is 0 Å². The molecule has 0 bridgehead atoms. The van der Waals surface area contributed by atoms with Gasteiger partial charge in [0, 0.05) is 23.4 Å². The van der Waals surface area contributed by atoms with Crippen LogP contribution in [0.15, 0.2) is 18.3 Å². The van der Waals surface area contributed by atoms with Gasteiger partial charge < -0.3 is 15.6 Å². The molecule has 0 amide bonds. The Morgan fingerprint density at radius 2 is 2.44 bits per heavy atom. The Balaban J connectivity index is 2.16. The van der Waals surface area contributed by atoms with E-state index in [1.54, 1.807) is 0 Å². The highest BCUT2D eigenvalue weighted by Gasteiger charge is 2.22. The number of hydrogen-bond donors (Lipinski definition) is 2. The Bertz CT molecular complexity index is 577. The molecule has 2 heterocycles. The van der Waals surface area contributed by atoms with Gasteiger partial charge in [0.15, 0.2) is 0 Å². The Morgan fingerprint density at radius 1 is 1.61 bits per heavy atom. The van der Waals surface area contributed by atoms with Crippen LogP contribution < -0.4 is 10.5 Å². The summed E-state index contributed by atoms with van der Waals surface area (Å²) in [6.45, 7) is 2.98. The van der Waals surface area contributed by atoms with Crippen molar-refractivity contribution in [3.8, 4) is 5.75 Å². The molecule has 3 N–H and O–H groups in total. The molecular formula is C13H17N3O2. The molecule has 1 unspecified atom stereocenters. The van der Waals surface area contributed by atoms with Crippen molar-refractivity contribution in [3.63, 3.8) is 0 Å². The van der Waals surface area contributed by atoms with Crippen LogP contribution in [0.25, 0.3) is 10.9 Å². The summed E-state index contributed by atoms with van der Waals surface area (Å²) in [5.41, 5.74) is 7.90. The molecule has 0 fully saturated rings. The number of ether oxygens (including phenoxy) is 1. The maximum atomic E-state index is 9.75. The molecule has 1 aliphatic rings. The second-order valence-corrected chi connectivity index (χ2v) is 4.95. The Hall–Kier alpha value is -1.59. The number of benzene rings is 1. The number of hydrogen-bond acceptors (Lipinski definition) is 4. The van der Waals surface area contributed by atoms with Crippen LogP contribution in [-0.2, 0) is 13.0 Å². The summed E-state index contributed by atoms with van der Waals surface area (Å²) in [7, 11) is 0. The molecule has 1 aromatic carbocycles. The largest absolute Gasteiger partial charge is 0.491 e. The van der Waals surface area contributed by atoms with Gasteiger partial charge in [-0.15, -0.1) is 0 Å². The van der Waals surface area contributed by atoms with Gasteiger partial charge in [0.25, 0.3) is 0 Å². The topological polar surface area (TPSA) is 73.3 Å². The number of fused-ring (bicyclic) bond motifs is 3. The predicted octanol–water partition coefficient (Wildman–Crippen LogP) is 0.679. The second kappa shape index (κ2) is 4.26. The van der Waals surface area contributed by atoms with E-state index < -0.39 is 6.10 Å². The number of aromatic nitrogens is 2. The number of aliphatic hydroxyl groups is 1. The van der Waals surface area contributed by atoms with E-state index in [2.05, 4.69) is 5.10 Å². The Morgan fingerprint density at radius 3 is 3.22 bits per heavy atom. The highest BCUT2D eigenvalue weighted by molar-refractivity contribution is 5.84. The maximum absolute atomic E-state index is 9.75. The summed E-state index contributed by atoms with van der Waals surface area (Å²) in [6, 6.07) is 3.98. The minimum absolute atomic E-state index is 0.0402. The van der Waals surface area contributed by atoms with Gasteiger partial charge in [-0.25, -0.2) is 0 Å². The van der Waals surface area contributed by atoms with E-state index in [0.717, 1.165) is 22.2 Å². The first-order valence-electron chi connectivity index (χ1n) is 6.19. The lowest BCUT2D eigenvalue weighted by molar-refractivity contribution is 0.0926. The predicted molar refractivity (Wildman–Crippen MR) is 68.6 cm³/mol. The van der Waals surface area contributed by atoms with Crippen molar-refractivity contribution in [2.24, 2.45) is 5.73 Å². The van der Waals surface area contributed by atoms with Gasteiger partial charge in [-0.2, -0.15) is 5.10 Å². The summed E-state index contributed by atoms with van der Waals surface area (Å²) in [4.78, 5) is 0. The van der Waals surface area contributed by atoms with Gasteiger partial charge >= 0.3 is 0 Å². The zero-order valence-corrected chi connectivity index (χ0v) is 10.3. The summed E-state index contributed by atoms with van der Waals surface area (Å²) in [6.07, 6.45) is 2.00. The Kier molecular flexibility index (Phi) is 2.72. The van der Waals surface area contributed by atoms with Crippen LogP contribution in [0.2, 0.25) is 0 Å². The number of nitrogens with zero attached hydrogens (tertiary/aromatic N) is 2. The van der Waals surface area contributed by atoms with E-state index in [9.17, 15) is 5.11 Å². The van der Waals surface area contributed by atoms with Crippen molar-refractivity contribution in [2.75, 3.05) is 6.61 Å². The first-order valence-corrected chi connectivity index (χ1v) is 6.19. The number of aliphatic hydroxyl groups excluding tert-OH is 1. The van der Waals surface area contributed by atoms with Gasteiger partial charge in [-0.3, -0.25) is 4.68 Å². The molecule has 1 aliphatic heterocycles. The van der Waals surface area contributed by atoms with Crippen molar-refractivity contribution in [1.29, 1.82) is 0 Å². The SMILES string of the molecule is CC(N)Cn1ncc2ccc3c(c21)C[C@@H](O)CO3. The zero-order chi connectivity index (χ0) is 12.7. The zero-order valence-electron chi connectivity index (χ0n) is 10.3. The third kappa shape index (κ3) is 1.85. The highest BCUT2D eigenvalue weighted by atomic mass is 16.5. The molecule has 18 heavy (non-hydrogen) atoms. The Labute approximate surface area is 105 Å². The van der Waals surface area contributed by atoms with Crippen molar-refractivity contribution in [2.45, 2.75) is 32.0 Å². The van der Waals surface area contributed by atoms with Crippen molar-refractivity contribution in [3.05, 3.63) is 23.9 Å². The minimum Gasteiger partial charge on any atom is -0.491 e. The van der Waals surface area contributed by atoms with E-state index in [-0.39, 0.29) is 6.04 Å². The average Bonchev–Trinajstić information content (AvgIpc) is 2.72. The first kappa shape index (κ1) is 11.5. The molecule has 3 rings (SSSR count). The van der Waals surface area contributed by atoms with Gasteiger partial charge in [-0.05, 0) is 19.1 Å². The number of rotatable bonds is 2. The first-order chi connectivity index (χ1) is 8.65. The molecule has 0 saturated carbocycles. The van der Waals surface area contributed by atoms with Crippen LogP contribution in [-0.4, -0.2) is 33.6 Å². The fraction of sp³-hybridized carbons (Fsp3) is 0.462. The van der Waals surface area contributed by atoms with Crippen LogP contribution in [0.4, 0.5) is 0 Å².